The van der Waals surface area contributed by atoms with E-state index in [9.17, 15) is 4.79 Å². The first-order valence-corrected chi connectivity index (χ1v) is 6.88. The number of fused-ring (bicyclic) bond motifs is 1. The number of aromatic nitrogens is 1. The predicted molar refractivity (Wildman–Crippen MR) is 85.6 cm³/mol. The van der Waals surface area contributed by atoms with Crippen LogP contribution in [0, 0.1) is 13.8 Å². The summed E-state index contributed by atoms with van der Waals surface area (Å²) in [5, 5.41) is 3.88. The highest BCUT2D eigenvalue weighted by molar-refractivity contribution is 6.06. The molecular weight excluding hydrogens is 260 g/mol. The number of carbonyl (C=O) groups excluding carboxylic acids is 1. The van der Waals surface area contributed by atoms with Crippen LogP contribution >= 0.6 is 0 Å². The fraction of sp³-hybridized carbons (Fsp3) is 0.111. The number of anilines is 1. The van der Waals surface area contributed by atoms with Crippen molar-refractivity contribution < 1.29 is 4.79 Å². The Morgan fingerprint density at radius 2 is 1.71 bits per heavy atom. The molecule has 1 aromatic heterocycles. The predicted octanol–water partition coefficient (Wildman–Crippen LogP) is 4.10. The average Bonchev–Trinajstić information content (AvgIpc) is 2.49. The van der Waals surface area contributed by atoms with E-state index < -0.39 is 0 Å². The van der Waals surface area contributed by atoms with Gasteiger partial charge >= 0.3 is 0 Å². The number of rotatable bonds is 2. The minimum atomic E-state index is -0.130. The summed E-state index contributed by atoms with van der Waals surface area (Å²) in [6.07, 6.45) is 0. The van der Waals surface area contributed by atoms with E-state index in [-0.39, 0.29) is 5.91 Å². The van der Waals surface area contributed by atoms with E-state index >= 15 is 0 Å². The van der Waals surface area contributed by atoms with Crippen molar-refractivity contribution in [1.29, 1.82) is 0 Å². The number of para-hydroxylation sites is 1. The third kappa shape index (κ3) is 2.77. The molecule has 3 heteroatoms. The van der Waals surface area contributed by atoms with Crippen LogP contribution in [0.2, 0.25) is 0 Å². The summed E-state index contributed by atoms with van der Waals surface area (Å²) >= 11 is 0. The maximum absolute atomic E-state index is 12.4. The smallest absolute Gasteiger partial charge is 0.257 e. The molecule has 0 aliphatic heterocycles. The molecule has 0 aliphatic carbocycles. The second-order valence-electron chi connectivity index (χ2n) is 5.13. The van der Waals surface area contributed by atoms with Gasteiger partial charge in [0.05, 0.1) is 16.8 Å². The van der Waals surface area contributed by atoms with E-state index in [1.165, 1.54) is 0 Å². The zero-order valence-electron chi connectivity index (χ0n) is 12.1. The van der Waals surface area contributed by atoms with Gasteiger partial charge in [0, 0.05) is 11.1 Å². The second-order valence-corrected chi connectivity index (χ2v) is 5.13. The van der Waals surface area contributed by atoms with Crippen molar-refractivity contribution in [2.75, 3.05) is 5.32 Å². The molecule has 3 aromatic rings. The number of hydrogen-bond acceptors (Lipinski definition) is 2. The Morgan fingerprint density at radius 1 is 1.00 bits per heavy atom. The zero-order chi connectivity index (χ0) is 14.8. The van der Waals surface area contributed by atoms with Gasteiger partial charge in [0.2, 0.25) is 0 Å². The maximum atomic E-state index is 12.4. The Bertz CT molecular complexity index is 807. The summed E-state index contributed by atoms with van der Waals surface area (Å²) in [4.78, 5) is 16.9. The van der Waals surface area contributed by atoms with E-state index in [1.807, 2.05) is 68.4 Å². The molecule has 0 fully saturated rings. The van der Waals surface area contributed by atoms with E-state index in [0.717, 1.165) is 27.8 Å². The molecule has 1 heterocycles. The van der Waals surface area contributed by atoms with E-state index in [2.05, 4.69) is 10.3 Å². The molecule has 0 bridgehead atoms. The maximum Gasteiger partial charge on any atom is 0.257 e. The second kappa shape index (κ2) is 5.37. The lowest BCUT2D eigenvalue weighted by Crippen LogP contribution is -2.14. The summed E-state index contributed by atoms with van der Waals surface area (Å²) in [5.41, 5.74) is 4.20. The van der Waals surface area contributed by atoms with Gasteiger partial charge in [0.1, 0.15) is 0 Å². The summed E-state index contributed by atoms with van der Waals surface area (Å²) in [5.74, 6) is -0.130. The third-order valence-corrected chi connectivity index (χ3v) is 3.47. The van der Waals surface area contributed by atoms with Crippen LogP contribution < -0.4 is 5.32 Å². The lowest BCUT2D eigenvalue weighted by Gasteiger charge is -2.09. The number of aryl methyl sites for hydroxylation is 2. The van der Waals surface area contributed by atoms with Gasteiger partial charge in [-0.1, -0.05) is 35.9 Å². The molecule has 1 N–H and O–H groups in total. The van der Waals surface area contributed by atoms with Crippen LogP contribution in [-0.4, -0.2) is 10.9 Å². The molecule has 2 aromatic carbocycles. The summed E-state index contributed by atoms with van der Waals surface area (Å²) in [6, 6.07) is 17.4. The SMILES string of the molecule is Cc1ccc(NC(=O)c2cc3ccccc3nc2C)cc1. The van der Waals surface area contributed by atoms with Crippen molar-refractivity contribution in [2.45, 2.75) is 13.8 Å². The number of hydrogen-bond donors (Lipinski definition) is 1. The molecule has 1 amide bonds. The number of benzene rings is 2. The van der Waals surface area contributed by atoms with Crippen LogP contribution in [-0.2, 0) is 0 Å². The molecule has 0 unspecified atom stereocenters. The molecule has 3 nitrogen and oxygen atoms in total. The first-order valence-electron chi connectivity index (χ1n) is 6.88. The summed E-state index contributed by atoms with van der Waals surface area (Å²) < 4.78 is 0. The quantitative estimate of drug-likeness (QED) is 0.765. The minimum absolute atomic E-state index is 0.130. The highest BCUT2D eigenvalue weighted by atomic mass is 16.1. The monoisotopic (exact) mass is 276 g/mol. The highest BCUT2D eigenvalue weighted by Gasteiger charge is 2.11. The lowest BCUT2D eigenvalue weighted by molar-refractivity contribution is 0.102. The van der Waals surface area contributed by atoms with Gasteiger partial charge < -0.3 is 5.32 Å². The van der Waals surface area contributed by atoms with Crippen molar-refractivity contribution in [2.24, 2.45) is 0 Å². The topological polar surface area (TPSA) is 42.0 Å². The standard InChI is InChI=1S/C18H16N2O/c1-12-7-9-15(10-8-12)20-18(21)16-11-14-5-3-4-6-17(14)19-13(16)2/h3-11H,1-2H3,(H,20,21). The Morgan fingerprint density at radius 3 is 2.48 bits per heavy atom. The summed E-state index contributed by atoms with van der Waals surface area (Å²) in [6.45, 7) is 3.87. The van der Waals surface area contributed by atoms with Gasteiger partial charge in [-0.25, -0.2) is 0 Å². The van der Waals surface area contributed by atoms with Crippen LogP contribution in [0.3, 0.4) is 0 Å². The van der Waals surface area contributed by atoms with Gasteiger partial charge in [0.25, 0.3) is 5.91 Å². The third-order valence-electron chi connectivity index (χ3n) is 3.47. The van der Waals surface area contributed by atoms with Crippen molar-refractivity contribution in [3.8, 4) is 0 Å². The van der Waals surface area contributed by atoms with Crippen LogP contribution in [0.1, 0.15) is 21.6 Å². The largest absolute Gasteiger partial charge is 0.322 e. The molecule has 0 spiro atoms. The number of carbonyl (C=O) groups is 1. The summed E-state index contributed by atoms with van der Waals surface area (Å²) in [7, 11) is 0. The minimum Gasteiger partial charge on any atom is -0.322 e. The van der Waals surface area contributed by atoms with E-state index in [4.69, 9.17) is 0 Å². The van der Waals surface area contributed by atoms with Crippen LogP contribution in [0.4, 0.5) is 5.69 Å². The number of nitrogens with zero attached hydrogens (tertiary/aromatic N) is 1. The number of amides is 1. The van der Waals surface area contributed by atoms with Crippen molar-refractivity contribution in [3.05, 3.63) is 71.4 Å². The fourth-order valence-corrected chi connectivity index (χ4v) is 2.28. The first kappa shape index (κ1) is 13.3. The molecule has 3 rings (SSSR count). The molecule has 0 atom stereocenters. The Labute approximate surface area is 123 Å². The first-order chi connectivity index (χ1) is 10.1. The molecule has 0 radical (unpaired) electrons. The van der Waals surface area contributed by atoms with Crippen molar-refractivity contribution in [3.63, 3.8) is 0 Å². The van der Waals surface area contributed by atoms with Gasteiger partial charge in [-0.3, -0.25) is 9.78 Å². The van der Waals surface area contributed by atoms with Crippen molar-refractivity contribution in [1.82, 2.24) is 4.98 Å². The normalized spacial score (nSPS) is 10.6. The van der Waals surface area contributed by atoms with Crippen LogP contribution in [0.15, 0.2) is 54.6 Å². The van der Waals surface area contributed by atoms with Gasteiger partial charge in [0.15, 0.2) is 0 Å². The van der Waals surface area contributed by atoms with Crippen LogP contribution in [0.25, 0.3) is 10.9 Å². The molecule has 21 heavy (non-hydrogen) atoms. The van der Waals surface area contributed by atoms with Gasteiger partial charge in [-0.05, 0) is 38.1 Å². The molecule has 0 saturated carbocycles. The molecular formula is C18H16N2O. The zero-order valence-corrected chi connectivity index (χ0v) is 12.1. The van der Waals surface area contributed by atoms with Crippen LogP contribution in [0.5, 0.6) is 0 Å². The van der Waals surface area contributed by atoms with Gasteiger partial charge in [-0.15, -0.1) is 0 Å². The van der Waals surface area contributed by atoms with E-state index in [0.29, 0.717) is 5.56 Å². The lowest BCUT2D eigenvalue weighted by atomic mass is 10.1. The van der Waals surface area contributed by atoms with E-state index in [1.54, 1.807) is 0 Å². The Hall–Kier alpha value is -2.68. The highest BCUT2D eigenvalue weighted by Crippen LogP contribution is 2.18. The molecule has 0 aliphatic rings. The Kier molecular flexibility index (Phi) is 3.40. The average molecular weight is 276 g/mol. The Balaban J connectivity index is 1.93. The number of pyridine rings is 1. The van der Waals surface area contributed by atoms with Crippen molar-refractivity contribution >= 4 is 22.5 Å². The van der Waals surface area contributed by atoms with Gasteiger partial charge in [-0.2, -0.15) is 0 Å². The molecule has 104 valence electrons. The molecule has 0 saturated heterocycles. The number of nitrogens with one attached hydrogen (secondary N) is 1. The fourth-order valence-electron chi connectivity index (χ4n) is 2.28.